The van der Waals surface area contributed by atoms with Gasteiger partial charge in [0, 0.05) is 34.2 Å². The maximum atomic E-state index is 10.9. The SMILES string of the molecule is COCCCC(=O)NN(C)C. The van der Waals surface area contributed by atoms with Crippen molar-refractivity contribution in [3.63, 3.8) is 0 Å². The molecular weight excluding hydrogens is 144 g/mol. The molecule has 0 saturated heterocycles. The molecule has 66 valence electrons. The quantitative estimate of drug-likeness (QED) is 0.455. The Morgan fingerprint density at radius 1 is 1.55 bits per heavy atom. The first-order valence-corrected chi connectivity index (χ1v) is 3.62. The van der Waals surface area contributed by atoms with E-state index >= 15 is 0 Å². The second-order valence-corrected chi connectivity index (χ2v) is 2.53. The van der Waals surface area contributed by atoms with Gasteiger partial charge in [0.1, 0.15) is 0 Å². The van der Waals surface area contributed by atoms with Gasteiger partial charge in [0.05, 0.1) is 0 Å². The van der Waals surface area contributed by atoms with Crippen LogP contribution in [0.3, 0.4) is 0 Å². The summed E-state index contributed by atoms with van der Waals surface area (Å²) in [6, 6.07) is 0. The number of rotatable bonds is 5. The number of carbonyl (C=O) groups is 1. The maximum Gasteiger partial charge on any atom is 0.234 e. The molecule has 0 fully saturated rings. The molecule has 0 atom stereocenters. The van der Waals surface area contributed by atoms with E-state index in [1.807, 2.05) is 0 Å². The summed E-state index contributed by atoms with van der Waals surface area (Å²) < 4.78 is 4.80. The molecular formula is C7H16N2O2. The molecule has 0 saturated carbocycles. The molecule has 0 bridgehead atoms. The highest BCUT2D eigenvalue weighted by atomic mass is 16.5. The summed E-state index contributed by atoms with van der Waals surface area (Å²) in [5.74, 6) is 0.0343. The minimum absolute atomic E-state index is 0.0343. The van der Waals surface area contributed by atoms with Gasteiger partial charge in [-0.25, -0.2) is 5.01 Å². The third-order valence-electron chi connectivity index (χ3n) is 1.10. The molecule has 0 aliphatic carbocycles. The fourth-order valence-electron chi connectivity index (χ4n) is 0.682. The lowest BCUT2D eigenvalue weighted by Gasteiger charge is -2.10. The van der Waals surface area contributed by atoms with Crippen LogP contribution in [-0.2, 0) is 9.53 Å². The molecule has 0 unspecified atom stereocenters. The zero-order valence-corrected chi connectivity index (χ0v) is 7.39. The van der Waals surface area contributed by atoms with Gasteiger partial charge in [-0.05, 0) is 6.42 Å². The largest absolute Gasteiger partial charge is 0.385 e. The second-order valence-electron chi connectivity index (χ2n) is 2.53. The van der Waals surface area contributed by atoms with Gasteiger partial charge in [-0.3, -0.25) is 10.2 Å². The Hall–Kier alpha value is -0.610. The highest BCUT2D eigenvalue weighted by Crippen LogP contribution is 1.88. The van der Waals surface area contributed by atoms with E-state index < -0.39 is 0 Å². The van der Waals surface area contributed by atoms with Crippen molar-refractivity contribution >= 4 is 5.91 Å². The number of nitrogens with one attached hydrogen (secondary N) is 1. The lowest BCUT2D eigenvalue weighted by atomic mass is 10.3. The lowest BCUT2D eigenvalue weighted by Crippen LogP contribution is -2.36. The third kappa shape index (κ3) is 7.29. The molecule has 11 heavy (non-hydrogen) atoms. The number of amides is 1. The Bertz CT molecular complexity index is 115. The molecule has 4 heteroatoms. The van der Waals surface area contributed by atoms with E-state index in [0.717, 1.165) is 6.42 Å². The normalized spacial score (nSPS) is 10.2. The predicted octanol–water partition coefficient (Wildman–Crippen LogP) is 0.00580. The van der Waals surface area contributed by atoms with E-state index in [2.05, 4.69) is 5.43 Å². The molecule has 0 aromatic heterocycles. The summed E-state index contributed by atoms with van der Waals surface area (Å²) in [4.78, 5) is 10.9. The van der Waals surface area contributed by atoms with Crippen molar-refractivity contribution in [2.75, 3.05) is 27.8 Å². The number of nitrogens with zero attached hydrogens (tertiary/aromatic N) is 1. The minimum atomic E-state index is 0.0343. The van der Waals surface area contributed by atoms with Gasteiger partial charge in [0.15, 0.2) is 0 Å². The van der Waals surface area contributed by atoms with E-state index in [0.29, 0.717) is 13.0 Å². The van der Waals surface area contributed by atoms with E-state index in [-0.39, 0.29) is 5.91 Å². The van der Waals surface area contributed by atoms with Gasteiger partial charge in [-0.15, -0.1) is 0 Å². The Morgan fingerprint density at radius 3 is 2.64 bits per heavy atom. The number of carbonyl (C=O) groups excluding carboxylic acids is 1. The number of hydrogen-bond donors (Lipinski definition) is 1. The van der Waals surface area contributed by atoms with Crippen LogP contribution in [0.25, 0.3) is 0 Å². The fourth-order valence-corrected chi connectivity index (χ4v) is 0.682. The van der Waals surface area contributed by atoms with Gasteiger partial charge in [-0.2, -0.15) is 0 Å². The van der Waals surface area contributed by atoms with E-state index in [4.69, 9.17) is 4.74 Å². The predicted molar refractivity (Wildman–Crippen MR) is 42.9 cm³/mol. The standard InChI is InChI=1S/C7H16N2O2/c1-9(2)8-7(10)5-4-6-11-3/h4-6H2,1-3H3,(H,8,10). The van der Waals surface area contributed by atoms with Crippen LogP contribution >= 0.6 is 0 Å². The summed E-state index contributed by atoms with van der Waals surface area (Å²) in [5.41, 5.74) is 2.64. The zero-order chi connectivity index (χ0) is 8.69. The first-order chi connectivity index (χ1) is 5.16. The summed E-state index contributed by atoms with van der Waals surface area (Å²) >= 11 is 0. The van der Waals surface area contributed by atoms with Crippen molar-refractivity contribution in [2.24, 2.45) is 0 Å². The molecule has 0 rings (SSSR count). The molecule has 4 nitrogen and oxygen atoms in total. The zero-order valence-electron chi connectivity index (χ0n) is 7.39. The molecule has 0 aromatic rings. The highest BCUT2D eigenvalue weighted by molar-refractivity contribution is 5.75. The van der Waals surface area contributed by atoms with Crippen LogP contribution in [0.2, 0.25) is 0 Å². The maximum absolute atomic E-state index is 10.9. The van der Waals surface area contributed by atoms with Crippen molar-refractivity contribution in [3.8, 4) is 0 Å². The molecule has 0 aliphatic rings. The Labute approximate surface area is 67.5 Å². The first kappa shape index (κ1) is 10.4. The topological polar surface area (TPSA) is 41.6 Å². The van der Waals surface area contributed by atoms with Gasteiger partial charge in [0.2, 0.25) is 5.91 Å². The van der Waals surface area contributed by atoms with Crippen LogP contribution in [-0.4, -0.2) is 38.7 Å². The van der Waals surface area contributed by atoms with Crippen molar-refractivity contribution < 1.29 is 9.53 Å². The van der Waals surface area contributed by atoms with Crippen LogP contribution in [0.5, 0.6) is 0 Å². The van der Waals surface area contributed by atoms with E-state index in [1.165, 1.54) is 0 Å². The molecule has 0 heterocycles. The molecule has 0 spiro atoms. The van der Waals surface area contributed by atoms with Crippen molar-refractivity contribution in [1.29, 1.82) is 0 Å². The van der Waals surface area contributed by atoms with Crippen LogP contribution in [0.4, 0.5) is 0 Å². The average Bonchev–Trinajstić information content (AvgIpc) is 1.86. The van der Waals surface area contributed by atoms with Gasteiger partial charge < -0.3 is 4.74 Å². The van der Waals surface area contributed by atoms with Crippen LogP contribution in [0.1, 0.15) is 12.8 Å². The van der Waals surface area contributed by atoms with Crippen LogP contribution < -0.4 is 5.43 Å². The summed E-state index contributed by atoms with van der Waals surface area (Å²) in [6.07, 6.45) is 1.29. The number of ether oxygens (including phenoxy) is 1. The van der Waals surface area contributed by atoms with E-state index in [9.17, 15) is 4.79 Å². The second kappa shape index (κ2) is 6.12. The van der Waals surface area contributed by atoms with Crippen molar-refractivity contribution in [1.82, 2.24) is 10.4 Å². The smallest absolute Gasteiger partial charge is 0.234 e. The molecule has 1 amide bonds. The van der Waals surface area contributed by atoms with Gasteiger partial charge in [0.25, 0.3) is 0 Å². The number of hydrogen-bond acceptors (Lipinski definition) is 3. The lowest BCUT2D eigenvalue weighted by molar-refractivity contribution is -0.125. The minimum Gasteiger partial charge on any atom is -0.385 e. The average molecular weight is 160 g/mol. The fraction of sp³-hybridized carbons (Fsp3) is 0.857. The van der Waals surface area contributed by atoms with Gasteiger partial charge in [-0.1, -0.05) is 0 Å². The third-order valence-corrected chi connectivity index (χ3v) is 1.10. The molecule has 0 aliphatic heterocycles. The molecule has 0 radical (unpaired) electrons. The Balaban J connectivity index is 3.23. The number of hydrazine groups is 1. The molecule has 0 aromatic carbocycles. The van der Waals surface area contributed by atoms with Crippen molar-refractivity contribution in [3.05, 3.63) is 0 Å². The molecule has 1 N–H and O–H groups in total. The summed E-state index contributed by atoms with van der Waals surface area (Å²) in [6.45, 7) is 0.640. The number of methoxy groups -OCH3 is 1. The highest BCUT2D eigenvalue weighted by Gasteiger charge is 1.99. The summed E-state index contributed by atoms with van der Waals surface area (Å²) in [7, 11) is 5.20. The first-order valence-electron chi connectivity index (χ1n) is 3.62. The van der Waals surface area contributed by atoms with Crippen LogP contribution in [0, 0.1) is 0 Å². The van der Waals surface area contributed by atoms with Crippen molar-refractivity contribution in [2.45, 2.75) is 12.8 Å². The Kier molecular flexibility index (Phi) is 5.78. The summed E-state index contributed by atoms with van der Waals surface area (Å²) in [5, 5.41) is 1.63. The van der Waals surface area contributed by atoms with Gasteiger partial charge >= 0.3 is 0 Å². The van der Waals surface area contributed by atoms with E-state index in [1.54, 1.807) is 26.2 Å². The Morgan fingerprint density at radius 2 is 2.18 bits per heavy atom. The monoisotopic (exact) mass is 160 g/mol. The van der Waals surface area contributed by atoms with Crippen LogP contribution in [0.15, 0.2) is 0 Å².